The Morgan fingerprint density at radius 1 is 1.24 bits per heavy atom. The highest BCUT2D eigenvalue weighted by molar-refractivity contribution is 6.08. The Bertz CT molecular complexity index is 1130. The van der Waals surface area contributed by atoms with Crippen molar-refractivity contribution in [2.75, 3.05) is 11.4 Å². The van der Waals surface area contributed by atoms with Gasteiger partial charge in [0.25, 0.3) is 5.91 Å². The number of H-pyrrole nitrogens is 1. The van der Waals surface area contributed by atoms with Gasteiger partial charge in [0.1, 0.15) is 12.4 Å². The minimum absolute atomic E-state index is 0.0470. The van der Waals surface area contributed by atoms with Crippen LogP contribution in [-0.2, 0) is 6.61 Å². The molecule has 3 aromatic rings. The number of aliphatic hydroxyl groups is 1. The van der Waals surface area contributed by atoms with Crippen LogP contribution in [-0.4, -0.2) is 32.3 Å². The van der Waals surface area contributed by atoms with Crippen LogP contribution >= 0.6 is 0 Å². The van der Waals surface area contributed by atoms with Gasteiger partial charge in [-0.05, 0) is 41.8 Å². The summed E-state index contributed by atoms with van der Waals surface area (Å²) < 4.78 is 15.5. The van der Waals surface area contributed by atoms with Crippen LogP contribution in [0.3, 0.4) is 0 Å². The van der Waals surface area contributed by atoms with Crippen LogP contribution < -0.4 is 10.6 Å². The van der Waals surface area contributed by atoms with Gasteiger partial charge in [0.15, 0.2) is 5.82 Å². The van der Waals surface area contributed by atoms with E-state index in [-0.39, 0.29) is 35.9 Å². The number of hydrogen-bond acceptors (Lipinski definition) is 4. The number of hydrogen-bond donors (Lipinski definition) is 2. The van der Waals surface area contributed by atoms with Gasteiger partial charge < -0.3 is 10.0 Å². The van der Waals surface area contributed by atoms with E-state index in [1.165, 1.54) is 11.0 Å². The quantitative estimate of drug-likeness (QED) is 0.709. The third-order valence-corrected chi connectivity index (χ3v) is 5.30. The maximum Gasteiger partial charge on any atom is 0.348 e. The molecule has 1 unspecified atom stereocenters. The third kappa shape index (κ3) is 3.25. The molecule has 1 atom stereocenters. The molecular weight excluding hydrogens is 375 g/mol. The first-order valence-corrected chi connectivity index (χ1v) is 9.40. The summed E-state index contributed by atoms with van der Waals surface area (Å²) in [4.78, 5) is 29.2. The topological polar surface area (TPSA) is 91.2 Å². The Balaban J connectivity index is 1.82. The zero-order valence-corrected chi connectivity index (χ0v) is 16.1. The van der Waals surface area contributed by atoms with Crippen LogP contribution in [0.5, 0.6) is 0 Å². The largest absolute Gasteiger partial charge is 0.388 e. The molecule has 8 heteroatoms. The number of aliphatic hydroxyl groups excluding tert-OH is 1. The molecule has 4 rings (SSSR count). The predicted molar refractivity (Wildman–Crippen MR) is 106 cm³/mol. The lowest BCUT2D eigenvalue weighted by Crippen LogP contribution is -2.42. The molecule has 2 heterocycles. The lowest BCUT2D eigenvalue weighted by Gasteiger charge is -2.36. The summed E-state index contributed by atoms with van der Waals surface area (Å²) in [6, 6.07) is 11.3. The molecule has 1 amide bonds. The normalized spacial score (nSPS) is 16.4. The lowest BCUT2D eigenvalue weighted by atomic mass is 9.81. The SMILES string of the molecule is CC(C)C1CN(c2ccccc2F)C(=O)c2ccc(-n3nc(CO)[nH]c3=O)cc21. The summed E-state index contributed by atoms with van der Waals surface area (Å²) in [6.07, 6.45) is 0. The summed E-state index contributed by atoms with van der Waals surface area (Å²) >= 11 is 0. The summed E-state index contributed by atoms with van der Waals surface area (Å²) in [7, 11) is 0. The van der Waals surface area contributed by atoms with Crippen LogP contribution in [0.4, 0.5) is 10.1 Å². The van der Waals surface area contributed by atoms with Crippen molar-refractivity contribution in [2.24, 2.45) is 5.92 Å². The fraction of sp³-hybridized carbons (Fsp3) is 0.286. The minimum atomic E-state index is -0.467. The average molecular weight is 396 g/mol. The molecule has 7 nitrogen and oxygen atoms in total. The number of anilines is 1. The average Bonchev–Trinajstić information content (AvgIpc) is 3.09. The molecule has 0 saturated heterocycles. The Morgan fingerprint density at radius 3 is 2.66 bits per heavy atom. The third-order valence-electron chi connectivity index (χ3n) is 5.30. The first-order chi connectivity index (χ1) is 13.9. The van der Waals surface area contributed by atoms with Crippen LogP contribution in [0, 0.1) is 11.7 Å². The number of aromatic amines is 1. The number of amides is 1. The van der Waals surface area contributed by atoms with Crippen molar-refractivity contribution in [3.05, 3.63) is 75.7 Å². The number of benzene rings is 2. The summed E-state index contributed by atoms with van der Waals surface area (Å²) in [5.41, 5.74) is 1.57. The van der Waals surface area contributed by atoms with Crippen LogP contribution in [0.1, 0.15) is 41.5 Å². The molecule has 150 valence electrons. The number of fused-ring (bicyclic) bond motifs is 1. The van der Waals surface area contributed by atoms with Gasteiger partial charge in [-0.3, -0.25) is 9.78 Å². The van der Waals surface area contributed by atoms with Crippen molar-refractivity contribution in [2.45, 2.75) is 26.4 Å². The number of carbonyl (C=O) groups excluding carboxylic acids is 1. The van der Waals surface area contributed by atoms with Gasteiger partial charge in [-0.25, -0.2) is 9.18 Å². The highest BCUT2D eigenvalue weighted by Gasteiger charge is 2.35. The van der Waals surface area contributed by atoms with E-state index in [0.29, 0.717) is 17.8 Å². The molecule has 0 bridgehead atoms. The van der Waals surface area contributed by atoms with Gasteiger partial charge in [-0.1, -0.05) is 26.0 Å². The standard InChI is InChI=1S/C21H21FN4O3/c1-12(2)16-10-25(18-6-4-3-5-17(18)22)20(28)14-8-7-13(9-15(14)16)26-21(29)23-19(11-27)24-26/h3-9,12,16,27H,10-11H2,1-2H3,(H,23,24,29). The molecule has 0 saturated carbocycles. The van der Waals surface area contributed by atoms with Crippen LogP contribution in [0.2, 0.25) is 0 Å². The van der Waals surface area contributed by atoms with E-state index < -0.39 is 11.5 Å². The second kappa shape index (κ2) is 7.29. The van der Waals surface area contributed by atoms with E-state index in [4.69, 9.17) is 0 Å². The number of aromatic nitrogens is 3. The Hall–Kier alpha value is -3.26. The molecule has 0 radical (unpaired) electrons. The molecule has 0 aliphatic carbocycles. The number of para-hydroxylation sites is 1. The summed E-state index contributed by atoms with van der Waals surface area (Å²) in [5.74, 6) is -0.429. The molecule has 0 spiro atoms. The minimum Gasteiger partial charge on any atom is -0.388 e. The van der Waals surface area contributed by atoms with E-state index in [1.54, 1.807) is 36.4 Å². The van der Waals surface area contributed by atoms with E-state index in [0.717, 1.165) is 10.2 Å². The number of carbonyl (C=O) groups is 1. The van der Waals surface area contributed by atoms with E-state index in [2.05, 4.69) is 10.1 Å². The van der Waals surface area contributed by atoms with Crippen molar-refractivity contribution in [1.29, 1.82) is 0 Å². The van der Waals surface area contributed by atoms with Crippen LogP contribution in [0.15, 0.2) is 47.3 Å². The second-order valence-corrected chi connectivity index (χ2v) is 7.44. The van der Waals surface area contributed by atoms with Crippen LogP contribution in [0.25, 0.3) is 5.69 Å². The lowest BCUT2D eigenvalue weighted by molar-refractivity contribution is 0.0972. The van der Waals surface area contributed by atoms with Crippen molar-refractivity contribution in [1.82, 2.24) is 14.8 Å². The number of nitrogens with zero attached hydrogens (tertiary/aromatic N) is 3. The van der Waals surface area contributed by atoms with Gasteiger partial charge in [0.05, 0.1) is 11.4 Å². The fourth-order valence-electron chi connectivity index (χ4n) is 3.77. The molecule has 0 fully saturated rings. The van der Waals surface area contributed by atoms with Crippen molar-refractivity contribution in [3.8, 4) is 5.69 Å². The maximum atomic E-state index is 14.4. The zero-order chi connectivity index (χ0) is 20.7. The smallest absolute Gasteiger partial charge is 0.348 e. The van der Waals surface area contributed by atoms with Crippen molar-refractivity contribution in [3.63, 3.8) is 0 Å². The first-order valence-electron chi connectivity index (χ1n) is 9.40. The van der Waals surface area contributed by atoms with E-state index in [9.17, 15) is 19.1 Å². The summed E-state index contributed by atoms with van der Waals surface area (Å²) in [6.45, 7) is 4.05. The molecule has 2 aromatic carbocycles. The predicted octanol–water partition coefficient (Wildman–Crippen LogP) is 2.59. The van der Waals surface area contributed by atoms with Gasteiger partial charge in [-0.15, -0.1) is 5.10 Å². The molecular formula is C21H21FN4O3. The molecule has 1 aliphatic rings. The molecule has 2 N–H and O–H groups in total. The Kier molecular flexibility index (Phi) is 4.79. The molecule has 1 aliphatic heterocycles. The highest BCUT2D eigenvalue weighted by Crippen LogP contribution is 2.37. The number of halogens is 1. The highest BCUT2D eigenvalue weighted by atomic mass is 19.1. The first kappa shape index (κ1) is 19.1. The summed E-state index contributed by atoms with van der Waals surface area (Å²) in [5, 5.41) is 13.3. The molecule has 1 aromatic heterocycles. The molecule has 29 heavy (non-hydrogen) atoms. The second-order valence-electron chi connectivity index (χ2n) is 7.44. The monoisotopic (exact) mass is 396 g/mol. The van der Waals surface area contributed by atoms with Crippen molar-refractivity contribution < 1.29 is 14.3 Å². The van der Waals surface area contributed by atoms with Gasteiger partial charge in [0.2, 0.25) is 0 Å². The van der Waals surface area contributed by atoms with Crippen molar-refractivity contribution >= 4 is 11.6 Å². The van der Waals surface area contributed by atoms with E-state index in [1.807, 2.05) is 13.8 Å². The Morgan fingerprint density at radius 2 is 2.00 bits per heavy atom. The number of nitrogens with one attached hydrogen (secondary N) is 1. The Labute approximate surface area is 166 Å². The van der Waals surface area contributed by atoms with E-state index >= 15 is 0 Å². The zero-order valence-electron chi connectivity index (χ0n) is 16.1. The van der Waals surface area contributed by atoms with Gasteiger partial charge in [-0.2, -0.15) is 4.68 Å². The fourth-order valence-corrected chi connectivity index (χ4v) is 3.77. The van der Waals surface area contributed by atoms with Gasteiger partial charge >= 0.3 is 5.69 Å². The maximum absolute atomic E-state index is 14.4. The van der Waals surface area contributed by atoms with Gasteiger partial charge in [0, 0.05) is 18.0 Å². The number of rotatable bonds is 4.